The van der Waals surface area contributed by atoms with Crippen LogP contribution in [0.4, 0.5) is 5.82 Å². The molecule has 1 aromatic heterocycles. The van der Waals surface area contributed by atoms with Gasteiger partial charge in [-0.15, -0.1) is 0 Å². The number of benzene rings is 1. The molecule has 0 saturated carbocycles. The van der Waals surface area contributed by atoms with Gasteiger partial charge in [-0.05, 0) is 39.8 Å². The van der Waals surface area contributed by atoms with E-state index in [9.17, 15) is 19.5 Å². The first-order valence-electron chi connectivity index (χ1n) is 11.0. The molecule has 184 valence electrons. The molecule has 2 N–H and O–H groups in total. The van der Waals surface area contributed by atoms with Gasteiger partial charge in [-0.2, -0.15) is 4.98 Å². The largest absolute Gasteiger partial charge is 0.438 e. The van der Waals surface area contributed by atoms with Gasteiger partial charge in [0.1, 0.15) is 11.9 Å². The van der Waals surface area contributed by atoms with Gasteiger partial charge in [0.25, 0.3) is 5.91 Å². The SMILES string of the molecule is Cc1cn([C@@H]2O[C@H](CO)C(C)[C@@H]2OCOC(=O)C(C)(C)C)c(=O)nc1NC(=O)c1ccccc1. The number of hydrogen-bond donors (Lipinski definition) is 2. The van der Waals surface area contributed by atoms with Crippen LogP contribution in [-0.4, -0.2) is 52.1 Å². The zero-order valence-electron chi connectivity index (χ0n) is 20.0. The summed E-state index contributed by atoms with van der Waals surface area (Å²) in [5.74, 6) is -0.978. The van der Waals surface area contributed by atoms with E-state index in [0.29, 0.717) is 11.1 Å². The van der Waals surface area contributed by atoms with Crippen molar-refractivity contribution in [3.63, 3.8) is 0 Å². The second-order valence-corrected chi connectivity index (χ2v) is 9.32. The number of aliphatic hydroxyl groups excluding tert-OH is 1. The molecule has 10 nitrogen and oxygen atoms in total. The first-order valence-corrected chi connectivity index (χ1v) is 11.0. The number of rotatable bonds is 7. The molecule has 2 heterocycles. The Bertz CT molecular complexity index is 1080. The molecule has 1 unspecified atom stereocenters. The first kappa shape index (κ1) is 25.5. The van der Waals surface area contributed by atoms with Crippen LogP contribution >= 0.6 is 0 Å². The Labute approximate surface area is 197 Å². The van der Waals surface area contributed by atoms with Crippen LogP contribution in [0.3, 0.4) is 0 Å². The predicted molar refractivity (Wildman–Crippen MR) is 123 cm³/mol. The second-order valence-electron chi connectivity index (χ2n) is 9.32. The number of nitrogens with zero attached hydrogens (tertiary/aromatic N) is 2. The maximum absolute atomic E-state index is 12.9. The van der Waals surface area contributed by atoms with E-state index in [1.165, 1.54) is 10.8 Å². The molecule has 3 rings (SSSR count). The van der Waals surface area contributed by atoms with Crippen LogP contribution < -0.4 is 11.0 Å². The number of aromatic nitrogens is 2. The Hall–Kier alpha value is -3.08. The third kappa shape index (κ3) is 5.69. The summed E-state index contributed by atoms with van der Waals surface area (Å²) in [4.78, 5) is 41.4. The van der Waals surface area contributed by atoms with Crippen LogP contribution in [0.2, 0.25) is 0 Å². The molecule has 1 fully saturated rings. The van der Waals surface area contributed by atoms with Crippen LogP contribution in [0.5, 0.6) is 0 Å². The molecule has 0 spiro atoms. The molecule has 34 heavy (non-hydrogen) atoms. The van der Waals surface area contributed by atoms with E-state index in [1.54, 1.807) is 58.0 Å². The third-order valence-electron chi connectivity index (χ3n) is 5.62. The molecule has 1 saturated heterocycles. The summed E-state index contributed by atoms with van der Waals surface area (Å²) in [6.07, 6.45) is -0.658. The molecular formula is C24H31N3O7. The minimum atomic E-state index is -0.905. The van der Waals surface area contributed by atoms with E-state index in [1.807, 2.05) is 6.92 Å². The van der Waals surface area contributed by atoms with E-state index < -0.39 is 35.5 Å². The predicted octanol–water partition coefficient (Wildman–Crippen LogP) is 2.26. The van der Waals surface area contributed by atoms with Crippen molar-refractivity contribution in [1.29, 1.82) is 0 Å². The first-order chi connectivity index (χ1) is 16.0. The van der Waals surface area contributed by atoms with Crippen molar-refractivity contribution < 1.29 is 28.9 Å². The lowest BCUT2D eigenvalue weighted by molar-refractivity contribution is -0.177. The van der Waals surface area contributed by atoms with Gasteiger partial charge in [0.2, 0.25) is 0 Å². The molecule has 10 heteroatoms. The van der Waals surface area contributed by atoms with E-state index in [-0.39, 0.29) is 31.0 Å². The van der Waals surface area contributed by atoms with Crippen LogP contribution in [0.15, 0.2) is 41.3 Å². The number of ether oxygens (including phenoxy) is 3. The zero-order chi connectivity index (χ0) is 25.0. The summed E-state index contributed by atoms with van der Waals surface area (Å²) in [6.45, 7) is 8.11. The number of aliphatic hydroxyl groups is 1. The summed E-state index contributed by atoms with van der Waals surface area (Å²) in [6, 6.07) is 8.59. The molecule has 1 amide bonds. The number of aryl methyl sites for hydroxylation is 1. The van der Waals surface area contributed by atoms with Crippen molar-refractivity contribution in [1.82, 2.24) is 9.55 Å². The summed E-state index contributed by atoms with van der Waals surface area (Å²) in [7, 11) is 0. The fourth-order valence-electron chi connectivity index (χ4n) is 3.55. The molecule has 1 aliphatic heterocycles. The number of carbonyl (C=O) groups is 2. The van der Waals surface area contributed by atoms with Crippen LogP contribution in [-0.2, 0) is 19.0 Å². The topological polar surface area (TPSA) is 129 Å². The van der Waals surface area contributed by atoms with Crippen LogP contribution in [0.25, 0.3) is 0 Å². The van der Waals surface area contributed by atoms with Crippen molar-refractivity contribution in [2.45, 2.75) is 53.1 Å². The van der Waals surface area contributed by atoms with E-state index in [0.717, 1.165) is 0 Å². The average molecular weight is 474 g/mol. The van der Waals surface area contributed by atoms with Crippen molar-refractivity contribution in [2.75, 3.05) is 18.7 Å². The second kappa shape index (κ2) is 10.5. The molecule has 4 atom stereocenters. The lowest BCUT2D eigenvalue weighted by Gasteiger charge is -2.24. The van der Waals surface area contributed by atoms with Gasteiger partial charge < -0.3 is 24.6 Å². The average Bonchev–Trinajstić information content (AvgIpc) is 3.11. The summed E-state index contributed by atoms with van der Waals surface area (Å²) in [5.41, 5.74) is -0.382. The highest BCUT2D eigenvalue weighted by Crippen LogP contribution is 2.35. The fraction of sp³-hybridized carbons (Fsp3) is 0.500. The zero-order valence-corrected chi connectivity index (χ0v) is 20.0. The summed E-state index contributed by atoms with van der Waals surface area (Å²) >= 11 is 0. The van der Waals surface area contributed by atoms with Gasteiger partial charge in [0.05, 0.1) is 18.1 Å². The number of amides is 1. The van der Waals surface area contributed by atoms with Gasteiger partial charge in [-0.3, -0.25) is 14.2 Å². The number of nitrogens with one attached hydrogen (secondary N) is 1. The monoisotopic (exact) mass is 473 g/mol. The van der Waals surface area contributed by atoms with Crippen molar-refractivity contribution in [3.8, 4) is 0 Å². The van der Waals surface area contributed by atoms with Crippen molar-refractivity contribution >= 4 is 17.7 Å². The minimum absolute atomic E-state index is 0.136. The highest BCUT2D eigenvalue weighted by molar-refractivity contribution is 6.03. The maximum atomic E-state index is 12.9. The fourth-order valence-corrected chi connectivity index (χ4v) is 3.55. The number of esters is 1. The van der Waals surface area contributed by atoms with E-state index in [4.69, 9.17) is 14.2 Å². The Balaban J connectivity index is 1.80. The molecule has 0 aliphatic carbocycles. The number of hydrogen-bond acceptors (Lipinski definition) is 8. The molecule has 1 aromatic carbocycles. The lowest BCUT2D eigenvalue weighted by Crippen LogP contribution is -2.36. The van der Waals surface area contributed by atoms with Gasteiger partial charge in [0.15, 0.2) is 13.0 Å². The Morgan fingerprint density at radius 3 is 2.53 bits per heavy atom. The highest BCUT2D eigenvalue weighted by Gasteiger charge is 2.44. The van der Waals surface area contributed by atoms with Crippen LogP contribution in [0.1, 0.15) is 49.8 Å². The summed E-state index contributed by atoms with van der Waals surface area (Å²) in [5, 5.41) is 12.4. The van der Waals surface area contributed by atoms with Gasteiger partial charge in [-0.25, -0.2) is 4.79 Å². The van der Waals surface area contributed by atoms with Gasteiger partial charge in [-0.1, -0.05) is 25.1 Å². The van der Waals surface area contributed by atoms with E-state index in [2.05, 4.69) is 10.3 Å². The third-order valence-corrected chi connectivity index (χ3v) is 5.62. The Morgan fingerprint density at radius 1 is 1.24 bits per heavy atom. The molecule has 0 bridgehead atoms. The van der Waals surface area contributed by atoms with E-state index >= 15 is 0 Å². The number of anilines is 1. The minimum Gasteiger partial charge on any atom is -0.438 e. The van der Waals surface area contributed by atoms with Crippen molar-refractivity contribution in [3.05, 3.63) is 58.1 Å². The molecular weight excluding hydrogens is 442 g/mol. The normalized spacial score (nSPS) is 22.4. The van der Waals surface area contributed by atoms with Gasteiger partial charge in [0, 0.05) is 23.2 Å². The maximum Gasteiger partial charge on any atom is 0.351 e. The van der Waals surface area contributed by atoms with Gasteiger partial charge >= 0.3 is 11.7 Å². The standard InChI is InChI=1S/C24H31N3O7/c1-14-11-27(23(31)26-19(14)25-20(29)16-9-7-6-8-10-16)21-18(15(2)17(12-28)34-21)32-13-33-22(30)24(3,4)5/h6-11,15,17-18,21,28H,12-13H2,1-5H3,(H,25,26,29,31)/t15?,17-,18+,21-/m1/s1. The van der Waals surface area contributed by atoms with Crippen LogP contribution in [0, 0.1) is 18.3 Å². The summed E-state index contributed by atoms with van der Waals surface area (Å²) < 4.78 is 18.1. The molecule has 2 aromatic rings. The van der Waals surface area contributed by atoms with Crippen molar-refractivity contribution in [2.24, 2.45) is 11.3 Å². The molecule has 1 aliphatic rings. The lowest BCUT2D eigenvalue weighted by atomic mass is 9.98. The molecule has 0 radical (unpaired) electrons. The quantitative estimate of drug-likeness (QED) is 0.463. The smallest absolute Gasteiger partial charge is 0.351 e. The highest BCUT2D eigenvalue weighted by atomic mass is 16.7. The number of carbonyl (C=O) groups excluding carboxylic acids is 2. The Morgan fingerprint density at radius 2 is 1.91 bits per heavy atom. The Kier molecular flexibility index (Phi) is 7.86.